The number of carbonyl (C=O) groups excluding carboxylic acids is 1. The van der Waals surface area contributed by atoms with Crippen molar-refractivity contribution in [2.45, 2.75) is 32.1 Å². The fourth-order valence-electron chi connectivity index (χ4n) is 1.80. The van der Waals surface area contributed by atoms with Crippen LogP contribution in [0.25, 0.3) is 0 Å². The minimum Gasteiger partial charge on any atom is -0.390 e. The lowest BCUT2D eigenvalue weighted by atomic mass is 9.97. The Bertz CT molecular complexity index is 440. The summed E-state index contributed by atoms with van der Waals surface area (Å²) in [6.07, 6.45) is -2.02. The largest absolute Gasteiger partial charge is 0.390 e. The highest BCUT2D eigenvalue weighted by Gasteiger charge is 2.20. The Morgan fingerprint density at radius 2 is 2.16 bits per heavy atom. The van der Waals surface area contributed by atoms with Gasteiger partial charge in [-0.15, -0.1) is 0 Å². The molecule has 19 heavy (non-hydrogen) atoms. The standard InChI is InChI=1S/C13H19FN2O3/c1-8(17)16-5-4-12(18)13(19)11-3-2-10(14)6-9(11)7-15/h2-3,6,12-13,18-19H,4-5,7,15H2,1H3,(H,16,17). The Balaban J connectivity index is 2.70. The third-order valence-corrected chi connectivity index (χ3v) is 2.82. The summed E-state index contributed by atoms with van der Waals surface area (Å²) in [6, 6.07) is 3.85. The van der Waals surface area contributed by atoms with E-state index < -0.39 is 18.0 Å². The van der Waals surface area contributed by atoms with E-state index >= 15 is 0 Å². The second-order valence-corrected chi connectivity index (χ2v) is 4.33. The molecule has 1 rings (SSSR count). The fourth-order valence-corrected chi connectivity index (χ4v) is 1.80. The number of hydrogen-bond acceptors (Lipinski definition) is 4. The summed E-state index contributed by atoms with van der Waals surface area (Å²) in [5.41, 5.74) is 6.33. The summed E-state index contributed by atoms with van der Waals surface area (Å²) < 4.78 is 13.0. The summed E-state index contributed by atoms with van der Waals surface area (Å²) in [6.45, 7) is 1.70. The number of nitrogens with one attached hydrogen (secondary N) is 1. The highest BCUT2D eigenvalue weighted by atomic mass is 19.1. The summed E-state index contributed by atoms with van der Waals surface area (Å²) in [5, 5.41) is 22.4. The third-order valence-electron chi connectivity index (χ3n) is 2.82. The van der Waals surface area contributed by atoms with Gasteiger partial charge in [-0.2, -0.15) is 0 Å². The van der Waals surface area contributed by atoms with Gasteiger partial charge in [0.2, 0.25) is 5.91 Å². The molecular formula is C13H19FN2O3. The van der Waals surface area contributed by atoms with Crippen LogP contribution in [-0.4, -0.2) is 28.8 Å². The molecule has 0 bridgehead atoms. The third kappa shape index (κ3) is 4.59. The summed E-state index contributed by atoms with van der Waals surface area (Å²) in [7, 11) is 0. The van der Waals surface area contributed by atoms with Crippen molar-refractivity contribution < 1.29 is 19.4 Å². The summed E-state index contributed by atoms with van der Waals surface area (Å²) in [5.74, 6) is -0.643. The van der Waals surface area contributed by atoms with E-state index in [2.05, 4.69) is 5.32 Å². The van der Waals surface area contributed by atoms with Gasteiger partial charge in [-0.25, -0.2) is 4.39 Å². The van der Waals surface area contributed by atoms with Crippen molar-refractivity contribution in [2.24, 2.45) is 5.73 Å². The number of benzene rings is 1. The highest BCUT2D eigenvalue weighted by Crippen LogP contribution is 2.23. The molecule has 1 aromatic rings. The molecule has 2 atom stereocenters. The predicted molar refractivity (Wildman–Crippen MR) is 68.6 cm³/mol. The molecule has 0 aliphatic rings. The molecule has 0 saturated heterocycles. The van der Waals surface area contributed by atoms with Crippen LogP contribution in [0.15, 0.2) is 18.2 Å². The van der Waals surface area contributed by atoms with Crippen LogP contribution in [0.2, 0.25) is 0 Å². The Morgan fingerprint density at radius 1 is 1.47 bits per heavy atom. The van der Waals surface area contributed by atoms with Crippen LogP contribution in [-0.2, 0) is 11.3 Å². The minimum absolute atomic E-state index is 0.0720. The lowest BCUT2D eigenvalue weighted by molar-refractivity contribution is -0.119. The first-order valence-electron chi connectivity index (χ1n) is 6.04. The summed E-state index contributed by atoms with van der Waals surface area (Å²) in [4.78, 5) is 10.7. The molecule has 0 aliphatic heterocycles. The van der Waals surface area contributed by atoms with Crippen molar-refractivity contribution in [3.8, 4) is 0 Å². The molecule has 0 aromatic heterocycles. The van der Waals surface area contributed by atoms with E-state index in [1.54, 1.807) is 0 Å². The van der Waals surface area contributed by atoms with E-state index in [4.69, 9.17) is 5.73 Å². The fraction of sp³-hybridized carbons (Fsp3) is 0.462. The van der Waals surface area contributed by atoms with Crippen LogP contribution in [0, 0.1) is 5.82 Å². The van der Waals surface area contributed by atoms with Gasteiger partial charge < -0.3 is 21.3 Å². The number of nitrogens with two attached hydrogens (primary N) is 1. The van der Waals surface area contributed by atoms with Gasteiger partial charge >= 0.3 is 0 Å². The molecule has 0 heterocycles. The number of rotatable bonds is 6. The van der Waals surface area contributed by atoms with Gasteiger partial charge in [0.25, 0.3) is 0 Å². The van der Waals surface area contributed by atoms with Crippen LogP contribution in [0.4, 0.5) is 4.39 Å². The van der Waals surface area contributed by atoms with Crippen molar-refractivity contribution in [1.82, 2.24) is 5.32 Å². The first kappa shape index (κ1) is 15.6. The normalized spacial score (nSPS) is 13.9. The average Bonchev–Trinajstić information content (AvgIpc) is 2.37. The van der Waals surface area contributed by atoms with Crippen molar-refractivity contribution in [3.63, 3.8) is 0 Å². The zero-order chi connectivity index (χ0) is 14.4. The number of aliphatic hydroxyl groups is 2. The lowest BCUT2D eigenvalue weighted by Crippen LogP contribution is -2.28. The van der Waals surface area contributed by atoms with E-state index in [9.17, 15) is 19.4 Å². The molecule has 0 fully saturated rings. The number of carbonyl (C=O) groups is 1. The molecule has 0 radical (unpaired) electrons. The van der Waals surface area contributed by atoms with Crippen molar-refractivity contribution in [2.75, 3.05) is 6.54 Å². The Kier molecular flexibility index (Phi) is 5.88. The summed E-state index contributed by atoms with van der Waals surface area (Å²) >= 11 is 0. The number of halogens is 1. The maximum atomic E-state index is 13.0. The SMILES string of the molecule is CC(=O)NCCC(O)C(O)c1ccc(F)cc1CN. The Labute approximate surface area is 111 Å². The second-order valence-electron chi connectivity index (χ2n) is 4.33. The molecule has 6 heteroatoms. The van der Waals surface area contributed by atoms with Gasteiger partial charge in [-0.1, -0.05) is 6.07 Å². The van der Waals surface area contributed by atoms with E-state index in [1.807, 2.05) is 0 Å². The van der Waals surface area contributed by atoms with Gasteiger partial charge in [0.15, 0.2) is 0 Å². The molecule has 1 aromatic carbocycles. The smallest absolute Gasteiger partial charge is 0.216 e. The zero-order valence-electron chi connectivity index (χ0n) is 10.8. The highest BCUT2D eigenvalue weighted by molar-refractivity contribution is 5.72. The average molecular weight is 270 g/mol. The molecule has 5 N–H and O–H groups in total. The van der Waals surface area contributed by atoms with Crippen LogP contribution in [0.1, 0.15) is 30.6 Å². The maximum absolute atomic E-state index is 13.0. The second kappa shape index (κ2) is 7.18. The van der Waals surface area contributed by atoms with Gasteiger partial charge in [-0.3, -0.25) is 4.79 Å². The van der Waals surface area contributed by atoms with Gasteiger partial charge in [0, 0.05) is 20.0 Å². The molecule has 0 aliphatic carbocycles. The number of amides is 1. The Hall–Kier alpha value is -1.50. The van der Waals surface area contributed by atoms with Crippen molar-refractivity contribution >= 4 is 5.91 Å². The first-order chi connectivity index (χ1) is 8.95. The molecule has 0 saturated carbocycles. The topological polar surface area (TPSA) is 95.6 Å². The van der Waals surface area contributed by atoms with Crippen LogP contribution < -0.4 is 11.1 Å². The van der Waals surface area contributed by atoms with Gasteiger partial charge in [0.05, 0.1) is 6.10 Å². The predicted octanol–water partition coefficient (Wildman–Crippen LogP) is 0.205. The van der Waals surface area contributed by atoms with E-state index in [-0.39, 0.29) is 25.4 Å². The lowest BCUT2D eigenvalue weighted by Gasteiger charge is -2.20. The maximum Gasteiger partial charge on any atom is 0.216 e. The van der Waals surface area contributed by atoms with Gasteiger partial charge in [-0.05, 0) is 29.7 Å². The molecule has 5 nitrogen and oxygen atoms in total. The van der Waals surface area contributed by atoms with Crippen molar-refractivity contribution in [1.29, 1.82) is 0 Å². The Morgan fingerprint density at radius 3 is 2.74 bits per heavy atom. The molecule has 106 valence electrons. The minimum atomic E-state index is -1.16. The van der Waals surface area contributed by atoms with Crippen LogP contribution in [0.3, 0.4) is 0 Å². The van der Waals surface area contributed by atoms with Crippen molar-refractivity contribution in [3.05, 3.63) is 35.1 Å². The van der Waals surface area contributed by atoms with Crippen LogP contribution in [0.5, 0.6) is 0 Å². The molecular weight excluding hydrogens is 251 g/mol. The van der Waals surface area contributed by atoms with Crippen LogP contribution >= 0.6 is 0 Å². The van der Waals surface area contributed by atoms with E-state index in [1.165, 1.54) is 25.1 Å². The van der Waals surface area contributed by atoms with E-state index in [0.717, 1.165) is 0 Å². The number of aliphatic hydroxyl groups excluding tert-OH is 2. The zero-order valence-corrected chi connectivity index (χ0v) is 10.8. The first-order valence-corrected chi connectivity index (χ1v) is 6.04. The quantitative estimate of drug-likeness (QED) is 0.594. The monoisotopic (exact) mass is 270 g/mol. The molecule has 2 unspecified atom stereocenters. The molecule has 1 amide bonds. The van der Waals surface area contributed by atoms with Gasteiger partial charge in [0.1, 0.15) is 11.9 Å². The molecule has 0 spiro atoms. The van der Waals surface area contributed by atoms with E-state index in [0.29, 0.717) is 11.1 Å². The number of hydrogen-bond donors (Lipinski definition) is 4.